The van der Waals surface area contributed by atoms with Crippen LogP contribution in [0.5, 0.6) is 0 Å². The van der Waals surface area contributed by atoms with E-state index >= 15 is 0 Å². The van der Waals surface area contributed by atoms with Gasteiger partial charge in [-0.2, -0.15) is 0 Å². The first-order valence-corrected chi connectivity index (χ1v) is 22.4. The SMILES string of the molecule is CCCCCCCCC[C@H]1O[C@]2(O)CC[C@H](O[Si](c3ccccc3)(c3ccccc3)C(C)(C)C)[C@]2(O[Si](C)(C)C(C)(C)C)[C@@H]1O. The van der Waals surface area contributed by atoms with Gasteiger partial charge in [0.05, 0.1) is 12.2 Å². The fraction of sp³-hybridized carbons (Fsp3) is 0.684. The maximum absolute atomic E-state index is 12.5. The second-order valence-corrected chi connectivity index (χ2v) is 25.2. The lowest BCUT2D eigenvalue weighted by Crippen LogP contribution is -2.72. The molecule has 2 aromatic carbocycles. The predicted molar refractivity (Wildman–Crippen MR) is 191 cm³/mol. The molecule has 0 aromatic heterocycles. The molecule has 5 nitrogen and oxygen atoms in total. The summed E-state index contributed by atoms with van der Waals surface area (Å²) in [5.74, 6) is -1.62. The van der Waals surface area contributed by atoms with Crippen LogP contribution in [-0.4, -0.2) is 56.5 Å². The minimum Gasteiger partial charge on any atom is -0.402 e. The van der Waals surface area contributed by atoms with Crippen LogP contribution in [0.4, 0.5) is 0 Å². The molecule has 1 saturated carbocycles. The minimum absolute atomic E-state index is 0.135. The van der Waals surface area contributed by atoms with Crippen LogP contribution >= 0.6 is 0 Å². The van der Waals surface area contributed by atoms with Gasteiger partial charge in [-0.1, -0.05) is 154 Å². The molecule has 1 aliphatic heterocycles. The van der Waals surface area contributed by atoms with Crippen LogP contribution in [0.15, 0.2) is 60.7 Å². The van der Waals surface area contributed by atoms with Crippen molar-refractivity contribution in [2.45, 2.75) is 166 Å². The van der Waals surface area contributed by atoms with E-state index in [-0.39, 0.29) is 10.1 Å². The summed E-state index contributed by atoms with van der Waals surface area (Å²) in [6, 6.07) is 21.2. The highest BCUT2D eigenvalue weighted by Crippen LogP contribution is 2.58. The van der Waals surface area contributed by atoms with Crippen LogP contribution in [0.2, 0.25) is 23.2 Å². The number of hydrogen-bond donors (Lipinski definition) is 2. The molecule has 0 radical (unpaired) electrons. The van der Waals surface area contributed by atoms with Crippen LogP contribution in [0.1, 0.15) is 113 Å². The standard InChI is InChI=1S/C38H62O5Si2/c1-10-11-12-13-14-15-22-27-32-34(39)38(43-44(8,9)35(2,3)4)33(28-29-37(38,40)41-32)42-45(36(5,6)7,30-23-18-16-19-24-30)31-25-20-17-21-26-31/h16-21,23-26,32-34,39-40H,10-15,22,27-29H2,1-9H3/t32-,33+,34-,37-,38+/m1/s1. The molecule has 1 heterocycles. The highest BCUT2D eigenvalue weighted by molar-refractivity contribution is 6.99. The quantitative estimate of drug-likeness (QED) is 0.159. The van der Waals surface area contributed by atoms with Gasteiger partial charge in [0.25, 0.3) is 8.32 Å². The molecular formula is C38H62O5Si2. The molecule has 2 aromatic rings. The van der Waals surface area contributed by atoms with Crippen molar-refractivity contribution in [2.24, 2.45) is 0 Å². The number of aliphatic hydroxyl groups is 2. The molecule has 1 saturated heterocycles. The monoisotopic (exact) mass is 654 g/mol. The van der Waals surface area contributed by atoms with E-state index in [1.54, 1.807) is 0 Å². The van der Waals surface area contributed by atoms with Gasteiger partial charge < -0.3 is 23.8 Å². The van der Waals surface area contributed by atoms with Gasteiger partial charge >= 0.3 is 0 Å². The molecule has 2 N–H and O–H groups in total. The van der Waals surface area contributed by atoms with E-state index < -0.39 is 46.3 Å². The van der Waals surface area contributed by atoms with Crippen LogP contribution in [0, 0.1) is 0 Å². The molecule has 2 fully saturated rings. The maximum atomic E-state index is 12.5. The van der Waals surface area contributed by atoms with Gasteiger partial charge in [0.1, 0.15) is 6.10 Å². The molecule has 0 bridgehead atoms. The normalized spacial score (nSPS) is 27.6. The minimum atomic E-state index is -3.02. The Kier molecular flexibility index (Phi) is 11.4. The van der Waals surface area contributed by atoms with E-state index in [4.69, 9.17) is 13.6 Å². The largest absolute Gasteiger partial charge is 0.402 e. The average molecular weight is 655 g/mol. The zero-order valence-corrected chi connectivity index (χ0v) is 31.7. The summed E-state index contributed by atoms with van der Waals surface area (Å²) in [6.07, 6.45) is 7.90. The molecule has 0 unspecified atom stereocenters. The molecular weight excluding hydrogens is 593 g/mol. The maximum Gasteiger partial charge on any atom is 0.261 e. The fourth-order valence-corrected chi connectivity index (χ4v) is 13.8. The van der Waals surface area contributed by atoms with Crippen molar-refractivity contribution in [1.29, 1.82) is 0 Å². The fourth-order valence-electron chi connectivity index (χ4n) is 7.50. The summed E-state index contributed by atoms with van der Waals surface area (Å²) in [4.78, 5) is 0. The molecule has 0 amide bonds. The molecule has 4 rings (SSSR count). The Balaban J connectivity index is 1.78. The summed E-state index contributed by atoms with van der Waals surface area (Å²) in [7, 11) is -5.54. The summed E-state index contributed by atoms with van der Waals surface area (Å²) >= 11 is 0. The lowest BCUT2D eigenvalue weighted by atomic mass is 9.87. The molecule has 252 valence electrons. The van der Waals surface area contributed by atoms with Gasteiger partial charge in [0.15, 0.2) is 19.7 Å². The van der Waals surface area contributed by atoms with E-state index in [1.165, 1.54) is 42.5 Å². The number of fused-ring (bicyclic) bond motifs is 1. The summed E-state index contributed by atoms with van der Waals surface area (Å²) in [6.45, 7) is 20.1. The van der Waals surface area contributed by atoms with Crippen LogP contribution in [-0.2, 0) is 13.6 Å². The molecule has 0 spiro atoms. The average Bonchev–Trinajstić information content (AvgIpc) is 3.35. The van der Waals surface area contributed by atoms with Crippen molar-refractivity contribution < 1.29 is 23.8 Å². The van der Waals surface area contributed by atoms with E-state index in [2.05, 4.69) is 122 Å². The second-order valence-electron chi connectivity index (χ2n) is 16.3. The van der Waals surface area contributed by atoms with Gasteiger partial charge in [-0.3, -0.25) is 0 Å². The topological polar surface area (TPSA) is 68.2 Å². The Morgan fingerprint density at radius 1 is 0.800 bits per heavy atom. The predicted octanol–water partition coefficient (Wildman–Crippen LogP) is 8.08. The highest BCUT2D eigenvalue weighted by Gasteiger charge is 2.75. The second kappa shape index (κ2) is 14.0. The third kappa shape index (κ3) is 6.97. The van der Waals surface area contributed by atoms with Gasteiger partial charge in [0, 0.05) is 6.42 Å². The highest BCUT2D eigenvalue weighted by atomic mass is 28.4. The molecule has 45 heavy (non-hydrogen) atoms. The Hall–Kier alpha value is -1.33. The number of unbranched alkanes of at least 4 members (excludes halogenated alkanes) is 6. The number of benzene rings is 2. The molecule has 7 heteroatoms. The third-order valence-corrected chi connectivity index (χ3v) is 20.5. The smallest absolute Gasteiger partial charge is 0.261 e. The molecule has 2 aliphatic rings. The van der Waals surface area contributed by atoms with E-state index in [0.717, 1.165) is 12.8 Å². The van der Waals surface area contributed by atoms with Crippen molar-refractivity contribution in [2.75, 3.05) is 0 Å². The Bertz CT molecular complexity index is 1170. The zero-order chi connectivity index (χ0) is 33.2. The lowest BCUT2D eigenvalue weighted by molar-refractivity contribution is -0.258. The van der Waals surface area contributed by atoms with Crippen LogP contribution in [0.3, 0.4) is 0 Å². The molecule has 5 atom stereocenters. The Morgan fingerprint density at radius 3 is 1.80 bits per heavy atom. The number of aliphatic hydroxyl groups excluding tert-OH is 1. The van der Waals surface area contributed by atoms with Crippen molar-refractivity contribution in [1.82, 2.24) is 0 Å². The first kappa shape index (κ1) is 36.5. The Morgan fingerprint density at radius 2 is 1.31 bits per heavy atom. The summed E-state index contributed by atoms with van der Waals surface area (Å²) in [5, 5.41) is 26.9. The van der Waals surface area contributed by atoms with Crippen LogP contribution in [0.25, 0.3) is 0 Å². The number of ether oxygens (including phenoxy) is 1. The third-order valence-electron chi connectivity index (χ3n) is 11.0. The lowest BCUT2D eigenvalue weighted by Gasteiger charge is -2.52. The number of hydrogen-bond acceptors (Lipinski definition) is 5. The summed E-state index contributed by atoms with van der Waals surface area (Å²) < 4.78 is 21.6. The zero-order valence-electron chi connectivity index (χ0n) is 29.7. The van der Waals surface area contributed by atoms with Gasteiger partial charge in [-0.15, -0.1) is 0 Å². The number of rotatable bonds is 14. The van der Waals surface area contributed by atoms with Gasteiger partial charge in [-0.25, -0.2) is 0 Å². The van der Waals surface area contributed by atoms with Crippen molar-refractivity contribution in [3.05, 3.63) is 60.7 Å². The molecule has 1 aliphatic carbocycles. The van der Waals surface area contributed by atoms with E-state index in [0.29, 0.717) is 19.3 Å². The summed E-state index contributed by atoms with van der Waals surface area (Å²) in [5.41, 5.74) is -1.38. The first-order valence-electron chi connectivity index (χ1n) is 17.6. The van der Waals surface area contributed by atoms with Crippen molar-refractivity contribution >= 4 is 27.0 Å². The van der Waals surface area contributed by atoms with Crippen molar-refractivity contribution in [3.8, 4) is 0 Å². The van der Waals surface area contributed by atoms with Gasteiger partial charge in [0.2, 0.25) is 0 Å². The van der Waals surface area contributed by atoms with Gasteiger partial charge in [-0.05, 0) is 46.4 Å². The van der Waals surface area contributed by atoms with E-state index in [1.807, 2.05) is 0 Å². The first-order chi connectivity index (χ1) is 21.1. The van der Waals surface area contributed by atoms with E-state index in [9.17, 15) is 10.2 Å². The van der Waals surface area contributed by atoms with Crippen LogP contribution < -0.4 is 10.4 Å². The van der Waals surface area contributed by atoms with Crippen molar-refractivity contribution in [3.63, 3.8) is 0 Å². The Labute approximate surface area is 276 Å².